The smallest absolute Gasteiger partial charge is 0.0107 e. The van der Waals surface area contributed by atoms with Gasteiger partial charge in [0, 0.05) is 26.2 Å². The van der Waals surface area contributed by atoms with E-state index in [0.29, 0.717) is 0 Å². The third-order valence-corrected chi connectivity index (χ3v) is 2.23. The van der Waals surface area contributed by atoms with Crippen LogP contribution < -0.4 is 5.32 Å². The summed E-state index contributed by atoms with van der Waals surface area (Å²) in [6, 6.07) is 0. The monoisotopic (exact) mass is 192 g/mol. The first kappa shape index (κ1) is 12.2. The van der Waals surface area contributed by atoms with Crippen molar-refractivity contribution < 1.29 is 0 Å². The maximum atomic E-state index is 3.36. The molecule has 0 unspecified atom stereocenters. The van der Waals surface area contributed by atoms with Crippen LogP contribution in [0.25, 0.3) is 0 Å². The lowest BCUT2D eigenvalue weighted by molar-refractivity contribution is 0.228. The maximum Gasteiger partial charge on any atom is 0.0107 e. The molecule has 1 fully saturated rings. The van der Waals surface area contributed by atoms with Gasteiger partial charge in [-0.3, -0.25) is 0 Å². The molecule has 12 heavy (non-hydrogen) atoms. The highest BCUT2D eigenvalue weighted by Crippen LogP contribution is 2.02. The van der Waals surface area contributed by atoms with Crippen molar-refractivity contribution in [3.05, 3.63) is 0 Å². The molecular weight excluding hydrogens is 172 g/mol. The van der Waals surface area contributed by atoms with Crippen LogP contribution in [-0.4, -0.2) is 37.6 Å². The van der Waals surface area contributed by atoms with Crippen LogP contribution in [0.2, 0.25) is 0 Å². The fraction of sp³-hybridized carbons (Fsp3) is 1.00. The first-order valence-electron chi connectivity index (χ1n) is 4.72. The zero-order chi connectivity index (χ0) is 8.10. The number of nitrogens with zero attached hydrogens (tertiary/aromatic N) is 1. The minimum atomic E-state index is 0. The van der Waals surface area contributed by atoms with Gasteiger partial charge in [-0.1, -0.05) is 13.8 Å². The van der Waals surface area contributed by atoms with Crippen molar-refractivity contribution in [2.24, 2.45) is 5.92 Å². The van der Waals surface area contributed by atoms with Crippen LogP contribution in [0.1, 0.15) is 20.3 Å². The summed E-state index contributed by atoms with van der Waals surface area (Å²) in [6.45, 7) is 10.7. The molecule has 74 valence electrons. The molecule has 0 amide bonds. The predicted molar refractivity (Wildman–Crippen MR) is 56.0 cm³/mol. The van der Waals surface area contributed by atoms with Crippen molar-refractivity contribution in [1.82, 2.24) is 10.2 Å². The molecule has 0 saturated carbocycles. The van der Waals surface area contributed by atoms with Crippen molar-refractivity contribution in [2.45, 2.75) is 20.3 Å². The Hall–Kier alpha value is 0.210. The summed E-state index contributed by atoms with van der Waals surface area (Å²) in [7, 11) is 0. The van der Waals surface area contributed by atoms with Crippen LogP contribution in [0.5, 0.6) is 0 Å². The molecule has 0 aromatic carbocycles. The number of hydrogen-bond acceptors (Lipinski definition) is 2. The Morgan fingerprint density at radius 2 is 1.83 bits per heavy atom. The van der Waals surface area contributed by atoms with Crippen LogP contribution >= 0.6 is 12.4 Å². The second kappa shape index (κ2) is 6.70. The highest BCUT2D eigenvalue weighted by molar-refractivity contribution is 5.85. The molecule has 0 aromatic rings. The highest BCUT2D eigenvalue weighted by Gasteiger charge is 2.08. The van der Waals surface area contributed by atoms with Crippen molar-refractivity contribution in [1.29, 1.82) is 0 Å². The topological polar surface area (TPSA) is 15.3 Å². The van der Waals surface area contributed by atoms with Gasteiger partial charge in [0.15, 0.2) is 0 Å². The Labute approximate surface area is 82.1 Å². The fourth-order valence-electron chi connectivity index (χ4n) is 1.38. The molecule has 0 aromatic heterocycles. The lowest BCUT2D eigenvalue weighted by atomic mass is 10.1. The zero-order valence-corrected chi connectivity index (χ0v) is 8.99. The van der Waals surface area contributed by atoms with Gasteiger partial charge in [0.2, 0.25) is 0 Å². The van der Waals surface area contributed by atoms with Gasteiger partial charge in [-0.15, -0.1) is 12.4 Å². The normalized spacial score (nSPS) is 19.2. The summed E-state index contributed by atoms with van der Waals surface area (Å²) < 4.78 is 0. The van der Waals surface area contributed by atoms with Gasteiger partial charge in [-0.2, -0.15) is 0 Å². The fourth-order valence-corrected chi connectivity index (χ4v) is 1.38. The van der Waals surface area contributed by atoms with Gasteiger partial charge in [0.05, 0.1) is 0 Å². The Morgan fingerprint density at radius 3 is 2.33 bits per heavy atom. The van der Waals surface area contributed by atoms with Crippen LogP contribution in [-0.2, 0) is 0 Å². The van der Waals surface area contributed by atoms with Crippen molar-refractivity contribution in [3.63, 3.8) is 0 Å². The SMILES string of the molecule is CC(C)CCN1CCNCC1.Cl. The van der Waals surface area contributed by atoms with Gasteiger partial charge >= 0.3 is 0 Å². The summed E-state index contributed by atoms with van der Waals surface area (Å²) in [4.78, 5) is 2.55. The molecule has 1 heterocycles. The van der Waals surface area contributed by atoms with E-state index in [-0.39, 0.29) is 12.4 Å². The number of halogens is 1. The largest absolute Gasteiger partial charge is 0.314 e. The number of nitrogens with one attached hydrogen (secondary N) is 1. The van der Waals surface area contributed by atoms with Gasteiger partial charge < -0.3 is 10.2 Å². The average molecular weight is 193 g/mol. The molecular formula is C9H21ClN2. The molecule has 1 N–H and O–H groups in total. The van der Waals surface area contributed by atoms with Crippen LogP contribution in [0.3, 0.4) is 0 Å². The van der Waals surface area contributed by atoms with E-state index < -0.39 is 0 Å². The van der Waals surface area contributed by atoms with Crippen LogP contribution in [0.4, 0.5) is 0 Å². The van der Waals surface area contributed by atoms with E-state index in [2.05, 4.69) is 24.1 Å². The molecule has 0 atom stereocenters. The van der Waals surface area contributed by atoms with Gasteiger partial charge in [-0.25, -0.2) is 0 Å². The molecule has 0 bridgehead atoms. The molecule has 1 saturated heterocycles. The highest BCUT2D eigenvalue weighted by atomic mass is 35.5. The lowest BCUT2D eigenvalue weighted by Crippen LogP contribution is -2.43. The minimum Gasteiger partial charge on any atom is -0.314 e. The van der Waals surface area contributed by atoms with Gasteiger partial charge in [0.1, 0.15) is 0 Å². The Bertz CT molecular complexity index is 101. The zero-order valence-electron chi connectivity index (χ0n) is 8.18. The Balaban J connectivity index is 0.00000121. The summed E-state index contributed by atoms with van der Waals surface area (Å²) in [5.41, 5.74) is 0. The molecule has 0 spiro atoms. The van der Waals surface area contributed by atoms with Crippen molar-refractivity contribution in [3.8, 4) is 0 Å². The number of rotatable bonds is 3. The van der Waals surface area contributed by atoms with Gasteiger partial charge in [0.25, 0.3) is 0 Å². The van der Waals surface area contributed by atoms with E-state index in [1.807, 2.05) is 0 Å². The predicted octanol–water partition coefficient (Wildman–Crippen LogP) is 1.36. The van der Waals surface area contributed by atoms with Crippen molar-refractivity contribution >= 4 is 12.4 Å². The molecule has 2 nitrogen and oxygen atoms in total. The van der Waals surface area contributed by atoms with E-state index in [9.17, 15) is 0 Å². The lowest BCUT2D eigenvalue weighted by Gasteiger charge is -2.27. The van der Waals surface area contributed by atoms with E-state index in [1.165, 1.54) is 39.1 Å². The Kier molecular flexibility index (Phi) is 6.81. The van der Waals surface area contributed by atoms with E-state index in [0.717, 1.165) is 5.92 Å². The third-order valence-electron chi connectivity index (χ3n) is 2.23. The first-order valence-corrected chi connectivity index (χ1v) is 4.72. The molecule has 3 heteroatoms. The number of hydrogen-bond donors (Lipinski definition) is 1. The van der Waals surface area contributed by atoms with E-state index in [4.69, 9.17) is 0 Å². The Morgan fingerprint density at radius 1 is 1.25 bits per heavy atom. The summed E-state index contributed by atoms with van der Waals surface area (Å²) in [5.74, 6) is 0.852. The molecule has 1 aliphatic heterocycles. The van der Waals surface area contributed by atoms with E-state index in [1.54, 1.807) is 0 Å². The molecule has 1 aliphatic rings. The first-order chi connectivity index (χ1) is 5.29. The molecule has 0 aliphatic carbocycles. The van der Waals surface area contributed by atoms with E-state index >= 15 is 0 Å². The third kappa shape index (κ3) is 4.96. The maximum absolute atomic E-state index is 3.36. The minimum absolute atomic E-state index is 0. The number of piperazine rings is 1. The summed E-state index contributed by atoms with van der Waals surface area (Å²) >= 11 is 0. The standard InChI is InChI=1S/C9H20N2.ClH/c1-9(2)3-6-11-7-4-10-5-8-11;/h9-10H,3-8H2,1-2H3;1H. The molecule has 0 radical (unpaired) electrons. The second-order valence-corrected chi connectivity index (χ2v) is 3.77. The second-order valence-electron chi connectivity index (χ2n) is 3.77. The quantitative estimate of drug-likeness (QED) is 0.727. The van der Waals surface area contributed by atoms with Crippen molar-refractivity contribution in [2.75, 3.05) is 32.7 Å². The van der Waals surface area contributed by atoms with Crippen LogP contribution in [0, 0.1) is 5.92 Å². The van der Waals surface area contributed by atoms with Gasteiger partial charge in [-0.05, 0) is 18.9 Å². The summed E-state index contributed by atoms with van der Waals surface area (Å²) in [6.07, 6.45) is 1.35. The van der Waals surface area contributed by atoms with Crippen LogP contribution in [0.15, 0.2) is 0 Å². The average Bonchev–Trinajstić information content (AvgIpc) is 2.03. The molecule has 1 rings (SSSR count). The summed E-state index contributed by atoms with van der Waals surface area (Å²) in [5, 5.41) is 3.36.